The number of nitrogens with zero attached hydrogens (tertiary/aromatic N) is 2. The smallest absolute Gasteiger partial charge is 0.274 e. The van der Waals surface area contributed by atoms with Crippen LogP contribution < -0.4 is 5.32 Å². The first-order valence-electron chi connectivity index (χ1n) is 5.83. The molecule has 0 radical (unpaired) electrons. The number of hydrogen-bond acceptors (Lipinski definition) is 3. The molecule has 0 aromatic carbocycles. The molecule has 17 heavy (non-hydrogen) atoms. The highest BCUT2D eigenvalue weighted by Gasteiger charge is 2.17. The van der Waals surface area contributed by atoms with Gasteiger partial charge >= 0.3 is 0 Å². The van der Waals surface area contributed by atoms with E-state index in [1.54, 1.807) is 17.0 Å². The molecule has 0 aliphatic carbocycles. The van der Waals surface area contributed by atoms with Gasteiger partial charge in [0, 0.05) is 19.6 Å². The lowest BCUT2D eigenvalue weighted by Crippen LogP contribution is -2.31. The van der Waals surface area contributed by atoms with Crippen molar-refractivity contribution in [1.29, 1.82) is 0 Å². The lowest BCUT2D eigenvalue weighted by atomic mass is 10.3. The van der Waals surface area contributed by atoms with E-state index in [9.17, 15) is 4.79 Å². The normalized spacial score (nSPS) is 10.1. The average molecular weight is 256 g/mol. The summed E-state index contributed by atoms with van der Waals surface area (Å²) in [6.07, 6.45) is 0. The van der Waals surface area contributed by atoms with Crippen LogP contribution in [0.2, 0.25) is 5.02 Å². The minimum Gasteiger partial charge on any atom is -0.370 e. The standard InChI is InChI=1S/C12H18ClN3O/c1-4-14-10-8-7-9(13)11(15-10)12(17)16(5-2)6-3/h7-8H,4-6H2,1-3H3,(H,14,15). The second-order valence-electron chi connectivity index (χ2n) is 3.53. The highest BCUT2D eigenvalue weighted by Crippen LogP contribution is 2.18. The van der Waals surface area contributed by atoms with Crippen LogP contribution in [0.25, 0.3) is 0 Å². The lowest BCUT2D eigenvalue weighted by Gasteiger charge is -2.19. The molecule has 0 saturated heterocycles. The molecular formula is C12H18ClN3O. The van der Waals surface area contributed by atoms with Crippen molar-refractivity contribution in [3.8, 4) is 0 Å². The highest BCUT2D eigenvalue weighted by molar-refractivity contribution is 6.33. The van der Waals surface area contributed by atoms with Crippen LogP contribution in [0.4, 0.5) is 5.82 Å². The van der Waals surface area contributed by atoms with Crippen molar-refractivity contribution in [2.24, 2.45) is 0 Å². The number of hydrogen-bond donors (Lipinski definition) is 1. The zero-order valence-corrected chi connectivity index (χ0v) is 11.2. The second kappa shape index (κ2) is 6.45. The largest absolute Gasteiger partial charge is 0.370 e. The molecule has 0 saturated carbocycles. The number of anilines is 1. The molecule has 94 valence electrons. The summed E-state index contributed by atoms with van der Waals surface area (Å²) < 4.78 is 0. The van der Waals surface area contributed by atoms with E-state index in [1.807, 2.05) is 20.8 Å². The van der Waals surface area contributed by atoms with E-state index < -0.39 is 0 Å². The van der Waals surface area contributed by atoms with Crippen LogP contribution in [-0.4, -0.2) is 35.4 Å². The Hall–Kier alpha value is -1.29. The van der Waals surface area contributed by atoms with Crippen molar-refractivity contribution in [3.63, 3.8) is 0 Å². The Kier molecular flexibility index (Phi) is 5.22. The number of halogens is 1. The van der Waals surface area contributed by atoms with Gasteiger partial charge < -0.3 is 10.2 Å². The summed E-state index contributed by atoms with van der Waals surface area (Å²) in [6, 6.07) is 3.47. The van der Waals surface area contributed by atoms with Gasteiger partial charge in [-0.2, -0.15) is 0 Å². The molecular weight excluding hydrogens is 238 g/mol. The molecule has 0 bridgehead atoms. The van der Waals surface area contributed by atoms with Crippen LogP contribution in [0.1, 0.15) is 31.3 Å². The molecule has 1 amide bonds. The number of rotatable bonds is 5. The molecule has 1 rings (SSSR count). The van der Waals surface area contributed by atoms with E-state index in [-0.39, 0.29) is 5.91 Å². The molecule has 5 heteroatoms. The average Bonchev–Trinajstić information content (AvgIpc) is 2.33. The maximum absolute atomic E-state index is 12.1. The van der Waals surface area contributed by atoms with Gasteiger partial charge in [-0.1, -0.05) is 11.6 Å². The number of amides is 1. The molecule has 0 unspecified atom stereocenters. The van der Waals surface area contributed by atoms with Gasteiger partial charge in [-0.15, -0.1) is 0 Å². The van der Waals surface area contributed by atoms with E-state index in [2.05, 4.69) is 10.3 Å². The maximum Gasteiger partial charge on any atom is 0.274 e. The molecule has 0 fully saturated rings. The first-order chi connectivity index (χ1) is 8.13. The topological polar surface area (TPSA) is 45.2 Å². The Morgan fingerprint density at radius 2 is 2.00 bits per heavy atom. The summed E-state index contributed by atoms with van der Waals surface area (Å²) in [5.74, 6) is 0.548. The van der Waals surface area contributed by atoms with Crippen molar-refractivity contribution in [2.75, 3.05) is 25.0 Å². The molecule has 4 nitrogen and oxygen atoms in total. The third-order valence-electron chi connectivity index (χ3n) is 2.46. The number of nitrogens with one attached hydrogen (secondary N) is 1. The minimum atomic E-state index is -0.125. The number of carbonyl (C=O) groups is 1. The summed E-state index contributed by atoms with van der Waals surface area (Å²) in [6.45, 7) is 7.90. The van der Waals surface area contributed by atoms with E-state index in [0.717, 1.165) is 6.54 Å². The molecule has 1 heterocycles. The van der Waals surface area contributed by atoms with Gasteiger partial charge in [0.2, 0.25) is 0 Å². The van der Waals surface area contributed by atoms with Gasteiger partial charge in [0.1, 0.15) is 11.5 Å². The van der Waals surface area contributed by atoms with E-state index in [4.69, 9.17) is 11.6 Å². The van der Waals surface area contributed by atoms with Gasteiger partial charge in [0.15, 0.2) is 0 Å². The fourth-order valence-electron chi connectivity index (χ4n) is 1.53. The molecule has 0 spiro atoms. The van der Waals surface area contributed by atoms with Crippen LogP contribution in [0.15, 0.2) is 12.1 Å². The van der Waals surface area contributed by atoms with Gasteiger partial charge in [-0.3, -0.25) is 4.79 Å². The quantitative estimate of drug-likeness (QED) is 0.880. The van der Waals surface area contributed by atoms with Crippen LogP contribution >= 0.6 is 11.6 Å². The Morgan fingerprint density at radius 3 is 2.53 bits per heavy atom. The minimum absolute atomic E-state index is 0.125. The molecule has 1 aromatic heterocycles. The third-order valence-corrected chi connectivity index (χ3v) is 2.76. The molecule has 1 N–H and O–H groups in total. The van der Waals surface area contributed by atoms with E-state index in [1.165, 1.54) is 0 Å². The second-order valence-corrected chi connectivity index (χ2v) is 3.94. The van der Waals surface area contributed by atoms with Crippen molar-refractivity contribution in [3.05, 3.63) is 22.8 Å². The van der Waals surface area contributed by atoms with E-state index in [0.29, 0.717) is 29.6 Å². The maximum atomic E-state index is 12.1. The zero-order chi connectivity index (χ0) is 12.8. The Balaban J connectivity index is 3.02. The van der Waals surface area contributed by atoms with Crippen molar-refractivity contribution < 1.29 is 4.79 Å². The highest BCUT2D eigenvalue weighted by atomic mass is 35.5. The predicted octanol–water partition coefficient (Wildman–Crippen LogP) is 2.65. The SMILES string of the molecule is CCNc1ccc(Cl)c(C(=O)N(CC)CC)n1. The monoisotopic (exact) mass is 255 g/mol. The van der Waals surface area contributed by atoms with Crippen molar-refractivity contribution >= 4 is 23.3 Å². The molecule has 0 aliphatic rings. The summed E-state index contributed by atoms with van der Waals surface area (Å²) in [5, 5.41) is 3.46. The van der Waals surface area contributed by atoms with Gasteiger partial charge in [-0.25, -0.2) is 4.98 Å². The number of aromatic nitrogens is 1. The zero-order valence-electron chi connectivity index (χ0n) is 10.5. The summed E-state index contributed by atoms with van der Waals surface area (Å²) in [5.41, 5.74) is 0.314. The van der Waals surface area contributed by atoms with Crippen LogP contribution in [-0.2, 0) is 0 Å². The third kappa shape index (κ3) is 3.33. The van der Waals surface area contributed by atoms with Crippen LogP contribution in [0.3, 0.4) is 0 Å². The summed E-state index contributed by atoms with van der Waals surface area (Å²) in [7, 11) is 0. The van der Waals surface area contributed by atoms with Gasteiger partial charge in [0.25, 0.3) is 5.91 Å². The molecule has 1 aromatic rings. The van der Waals surface area contributed by atoms with Gasteiger partial charge in [0.05, 0.1) is 5.02 Å². The number of carbonyl (C=O) groups excluding carboxylic acids is 1. The Morgan fingerprint density at radius 1 is 1.35 bits per heavy atom. The van der Waals surface area contributed by atoms with Gasteiger partial charge in [-0.05, 0) is 32.9 Å². The van der Waals surface area contributed by atoms with Crippen LogP contribution in [0.5, 0.6) is 0 Å². The molecule has 0 aliphatic heterocycles. The fraction of sp³-hybridized carbons (Fsp3) is 0.500. The first kappa shape index (κ1) is 13.8. The molecule has 0 atom stereocenters. The fourth-order valence-corrected chi connectivity index (χ4v) is 1.72. The predicted molar refractivity (Wildman–Crippen MR) is 70.7 cm³/mol. The van der Waals surface area contributed by atoms with Crippen molar-refractivity contribution in [1.82, 2.24) is 9.88 Å². The first-order valence-corrected chi connectivity index (χ1v) is 6.21. The van der Waals surface area contributed by atoms with Crippen molar-refractivity contribution in [2.45, 2.75) is 20.8 Å². The van der Waals surface area contributed by atoms with Crippen LogP contribution in [0, 0.1) is 0 Å². The van der Waals surface area contributed by atoms with E-state index >= 15 is 0 Å². The number of pyridine rings is 1. The Labute approximate surface area is 107 Å². The lowest BCUT2D eigenvalue weighted by molar-refractivity contribution is 0.0767. The summed E-state index contributed by atoms with van der Waals surface area (Å²) >= 11 is 6.01. The summed E-state index contributed by atoms with van der Waals surface area (Å²) in [4.78, 5) is 18.1. The Bertz CT molecular complexity index is 391.